The SMILES string of the molecule is CCOc1cc(C=Nn2c(-c3cc4ccccc4o3)nc3ccccc3c2=O)cc([N+](=O)[O-])c1Oc1ccc([N+](=O)[O-])cn1. The van der Waals surface area contributed by atoms with Crippen LogP contribution in [0.2, 0.25) is 0 Å². The second kappa shape index (κ2) is 11.4. The lowest BCUT2D eigenvalue weighted by molar-refractivity contribution is -0.385. The Labute approximate surface area is 246 Å². The van der Waals surface area contributed by atoms with Gasteiger partial charge in [0.25, 0.3) is 11.2 Å². The third-order valence-electron chi connectivity index (χ3n) is 6.41. The maximum Gasteiger partial charge on any atom is 0.316 e. The van der Waals surface area contributed by atoms with Crippen molar-refractivity contribution >= 4 is 39.5 Å². The quantitative estimate of drug-likeness (QED) is 0.108. The molecule has 0 amide bonds. The molecule has 218 valence electrons. The van der Waals surface area contributed by atoms with Gasteiger partial charge in [-0.3, -0.25) is 25.0 Å². The number of rotatable bonds is 9. The van der Waals surface area contributed by atoms with Crippen LogP contribution in [0.25, 0.3) is 33.5 Å². The molecular weight excluding hydrogens is 572 g/mol. The predicted molar refractivity (Wildman–Crippen MR) is 159 cm³/mol. The Morgan fingerprint density at radius 2 is 1.80 bits per heavy atom. The third-order valence-corrected chi connectivity index (χ3v) is 6.41. The standard InChI is InChI=1S/C30H20N6O8/c1-2-42-25-14-18(13-23(36(40)41)28(25)44-27-12-11-20(17-31-27)35(38)39)16-32-34-29(26-15-19-7-3-6-10-24(19)43-26)33-22-9-5-4-8-21(22)30(34)37/h3-17H,2H2,1H3. The van der Waals surface area contributed by atoms with Gasteiger partial charge in [0, 0.05) is 29.1 Å². The van der Waals surface area contributed by atoms with Crippen molar-refractivity contribution in [3.8, 4) is 29.0 Å². The molecule has 14 heteroatoms. The highest BCUT2D eigenvalue weighted by Gasteiger charge is 2.24. The maximum atomic E-state index is 13.6. The molecule has 0 aliphatic rings. The summed E-state index contributed by atoms with van der Waals surface area (Å²) in [4.78, 5) is 43.8. The fourth-order valence-electron chi connectivity index (χ4n) is 4.44. The fraction of sp³-hybridized carbons (Fsp3) is 0.0667. The summed E-state index contributed by atoms with van der Waals surface area (Å²) in [5, 5.41) is 28.5. The topological polar surface area (TPSA) is 178 Å². The van der Waals surface area contributed by atoms with E-state index in [9.17, 15) is 25.0 Å². The molecule has 6 rings (SSSR count). The minimum atomic E-state index is -0.676. The molecule has 3 heterocycles. The van der Waals surface area contributed by atoms with Crippen LogP contribution in [-0.2, 0) is 0 Å². The second-order valence-electron chi connectivity index (χ2n) is 9.23. The Hall–Kier alpha value is -6.44. The molecule has 0 bridgehead atoms. The summed E-state index contributed by atoms with van der Waals surface area (Å²) in [7, 11) is 0. The number of para-hydroxylation sites is 2. The van der Waals surface area contributed by atoms with Gasteiger partial charge in [-0.15, -0.1) is 0 Å². The van der Waals surface area contributed by atoms with Crippen molar-refractivity contribution in [2.24, 2.45) is 5.10 Å². The van der Waals surface area contributed by atoms with Gasteiger partial charge in [-0.25, -0.2) is 9.97 Å². The van der Waals surface area contributed by atoms with E-state index in [-0.39, 0.29) is 41.1 Å². The van der Waals surface area contributed by atoms with Crippen LogP contribution in [0.15, 0.2) is 99.4 Å². The van der Waals surface area contributed by atoms with Crippen LogP contribution < -0.4 is 15.0 Å². The molecule has 0 N–H and O–H groups in total. The molecule has 0 aliphatic carbocycles. The van der Waals surface area contributed by atoms with E-state index in [2.05, 4.69) is 15.1 Å². The number of ether oxygens (including phenoxy) is 2. The molecule has 3 aromatic carbocycles. The van der Waals surface area contributed by atoms with Gasteiger partial charge in [-0.05, 0) is 37.3 Å². The highest BCUT2D eigenvalue weighted by molar-refractivity contribution is 5.86. The number of nitro benzene ring substituents is 1. The zero-order chi connectivity index (χ0) is 30.8. The zero-order valence-corrected chi connectivity index (χ0v) is 22.8. The molecule has 0 atom stereocenters. The molecule has 0 aliphatic heterocycles. The Kier molecular flexibility index (Phi) is 7.21. The molecule has 0 saturated carbocycles. The Balaban J connectivity index is 1.46. The first-order valence-corrected chi connectivity index (χ1v) is 13.1. The largest absolute Gasteiger partial charge is 0.490 e. The molecule has 0 radical (unpaired) electrons. The van der Waals surface area contributed by atoms with E-state index in [0.717, 1.165) is 22.3 Å². The summed E-state index contributed by atoms with van der Waals surface area (Å²) < 4.78 is 18.3. The molecule has 6 aromatic rings. The van der Waals surface area contributed by atoms with Gasteiger partial charge in [0.1, 0.15) is 11.8 Å². The minimum Gasteiger partial charge on any atom is -0.490 e. The van der Waals surface area contributed by atoms with Crippen molar-refractivity contribution < 1.29 is 23.7 Å². The average molecular weight is 593 g/mol. The fourth-order valence-corrected chi connectivity index (χ4v) is 4.44. The van der Waals surface area contributed by atoms with Crippen molar-refractivity contribution in [3.63, 3.8) is 0 Å². The van der Waals surface area contributed by atoms with E-state index in [1.807, 2.05) is 18.2 Å². The van der Waals surface area contributed by atoms with E-state index in [4.69, 9.17) is 13.9 Å². The Bertz CT molecular complexity index is 2120. The Morgan fingerprint density at radius 1 is 1.00 bits per heavy atom. The number of hydrogen-bond acceptors (Lipinski definition) is 11. The van der Waals surface area contributed by atoms with Crippen molar-refractivity contribution in [2.45, 2.75) is 6.92 Å². The van der Waals surface area contributed by atoms with E-state index >= 15 is 0 Å². The summed E-state index contributed by atoms with van der Waals surface area (Å²) in [5.41, 5.74) is -0.000664. The summed E-state index contributed by atoms with van der Waals surface area (Å²) in [6, 6.07) is 20.9. The molecule has 44 heavy (non-hydrogen) atoms. The van der Waals surface area contributed by atoms with E-state index in [1.54, 1.807) is 43.3 Å². The first kappa shape index (κ1) is 27.7. The van der Waals surface area contributed by atoms with Crippen LogP contribution in [0, 0.1) is 20.2 Å². The molecule has 0 saturated heterocycles. The lowest BCUT2D eigenvalue weighted by Crippen LogP contribution is -2.20. The molecule has 0 unspecified atom stereocenters. The number of hydrogen-bond donors (Lipinski definition) is 0. The van der Waals surface area contributed by atoms with Crippen molar-refractivity contribution in [1.82, 2.24) is 14.6 Å². The highest BCUT2D eigenvalue weighted by Crippen LogP contribution is 2.41. The van der Waals surface area contributed by atoms with Crippen LogP contribution >= 0.6 is 0 Å². The maximum absolute atomic E-state index is 13.6. The smallest absolute Gasteiger partial charge is 0.316 e. The second-order valence-corrected chi connectivity index (χ2v) is 9.23. The van der Waals surface area contributed by atoms with Gasteiger partial charge in [0.2, 0.25) is 17.5 Å². The van der Waals surface area contributed by atoms with E-state index in [1.165, 1.54) is 24.4 Å². The molecule has 0 spiro atoms. The van der Waals surface area contributed by atoms with Crippen molar-refractivity contribution in [3.05, 3.63) is 121 Å². The number of fused-ring (bicyclic) bond motifs is 2. The van der Waals surface area contributed by atoms with Crippen molar-refractivity contribution in [1.29, 1.82) is 0 Å². The van der Waals surface area contributed by atoms with Crippen LogP contribution in [0.1, 0.15) is 12.5 Å². The zero-order valence-electron chi connectivity index (χ0n) is 22.8. The van der Waals surface area contributed by atoms with Crippen LogP contribution in [0.3, 0.4) is 0 Å². The van der Waals surface area contributed by atoms with E-state index < -0.39 is 21.1 Å². The van der Waals surface area contributed by atoms with Gasteiger partial charge in [0.15, 0.2) is 11.5 Å². The molecule has 0 fully saturated rings. The lowest BCUT2D eigenvalue weighted by Gasteiger charge is -2.12. The van der Waals surface area contributed by atoms with Gasteiger partial charge in [-0.2, -0.15) is 9.78 Å². The normalized spacial score (nSPS) is 11.3. The summed E-state index contributed by atoms with van der Waals surface area (Å²) in [5.74, 6) is 0.0365. The van der Waals surface area contributed by atoms with Crippen LogP contribution in [0.5, 0.6) is 17.4 Å². The van der Waals surface area contributed by atoms with Gasteiger partial charge in [0.05, 0.1) is 33.6 Å². The van der Waals surface area contributed by atoms with Crippen LogP contribution in [0.4, 0.5) is 11.4 Å². The molecule has 3 aromatic heterocycles. The number of pyridine rings is 1. The van der Waals surface area contributed by atoms with Crippen LogP contribution in [-0.4, -0.2) is 37.3 Å². The molecule has 14 nitrogen and oxygen atoms in total. The number of benzene rings is 3. The van der Waals surface area contributed by atoms with Gasteiger partial charge < -0.3 is 13.9 Å². The number of nitrogens with zero attached hydrogens (tertiary/aromatic N) is 6. The highest BCUT2D eigenvalue weighted by atomic mass is 16.6. The summed E-state index contributed by atoms with van der Waals surface area (Å²) >= 11 is 0. The van der Waals surface area contributed by atoms with E-state index in [0.29, 0.717) is 22.2 Å². The number of aromatic nitrogens is 3. The summed E-state index contributed by atoms with van der Waals surface area (Å²) in [6.45, 7) is 1.81. The monoisotopic (exact) mass is 592 g/mol. The van der Waals surface area contributed by atoms with Gasteiger partial charge in [-0.1, -0.05) is 30.3 Å². The Morgan fingerprint density at radius 3 is 2.52 bits per heavy atom. The third kappa shape index (κ3) is 5.30. The summed E-state index contributed by atoms with van der Waals surface area (Å²) in [6.07, 6.45) is 2.23. The number of nitro groups is 2. The molecular formula is C30H20N6O8. The first-order chi connectivity index (χ1) is 21.3. The minimum absolute atomic E-state index is 0.00945. The number of furan rings is 1. The first-order valence-electron chi connectivity index (χ1n) is 13.1. The average Bonchev–Trinajstić information content (AvgIpc) is 3.46. The predicted octanol–water partition coefficient (Wildman–Crippen LogP) is 6.09. The van der Waals surface area contributed by atoms with Crippen molar-refractivity contribution in [2.75, 3.05) is 6.61 Å². The van der Waals surface area contributed by atoms with Gasteiger partial charge >= 0.3 is 5.69 Å². The lowest BCUT2D eigenvalue weighted by atomic mass is 10.2.